The first kappa shape index (κ1) is 36.0. The molecule has 0 radical (unpaired) electrons. The number of piperidine rings is 1. The lowest BCUT2D eigenvalue weighted by Gasteiger charge is -2.47. The molecule has 1 saturated heterocycles. The Morgan fingerprint density at radius 2 is 1.90 bits per heavy atom. The van der Waals surface area contributed by atoms with Gasteiger partial charge in [0.1, 0.15) is 28.6 Å². The van der Waals surface area contributed by atoms with Crippen LogP contribution in [0.2, 0.25) is 0 Å². The zero-order valence-corrected chi connectivity index (χ0v) is 29.0. The van der Waals surface area contributed by atoms with Crippen LogP contribution >= 0.6 is 0 Å². The summed E-state index contributed by atoms with van der Waals surface area (Å²) in [4.78, 5) is 53.2. The van der Waals surface area contributed by atoms with Gasteiger partial charge in [0.15, 0.2) is 5.82 Å². The Morgan fingerprint density at radius 1 is 1.18 bits per heavy atom. The number of likely N-dealkylation sites (tertiary alicyclic amines) is 1. The van der Waals surface area contributed by atoms with Crippen LogP contribution in [0, 0.1) is 0 Å². The molecule has 2 fully saturated rings. The van der Waals surface area contributed by atoms with Gasteiger partial charge in [-0.3, -0.25) is 9.59 Å². The van der Waals surface area contributed by atoms with Crippen LogP contribution in [0.1, 0.15) is 83.0 Å². The molecule has 2 aliphatic heterocycles. The summed E-state index contributed by atoms with van der Waals surface area (Å²) in [7, 11) is 3.14. The van der Waals surface area contributed by atoms with E-state index < -0.39 is 48.6 Å². The Labute approximate surface area is 285 Å². The molecule has 0 bridgehead atoms. The maximum Gasteiger partial charge on any atom is 0.410 e. The van der Waals surface area contributed by atoms with Crippen molar-refractivity contribution < 1.29 is 37.7 Å². The van der Waals surface area contributed by atoms with Crippen molar-refractivity contribution in [2.45, 2.75) is 102 Å². The van der Waals surface area contributed by atoms with Gasteiger partial charge in [-0.2, -0.15) is 4.98 Å². The molecule has 5 rings (SSSR count). The Balaban J connectivity index is 1.36. The first-order chi connectivity index (χ1) is 23.1. The van der Waals surface area contributed by atoms with Crippen molar-refractivity contribution in [2.75, 3.05) is 49.0 Å². The van der Waals surface area contributed by atoms with Gasteiger partial charge in [-0.05, 0) is 71.1 Å². The van der Waals surface area contributed by atoms with Crippen LogP contribution in [0.15, 0.2) is 24.4 Å². The molecule has 15 heteroatoms. The number of anilines is 4. The Hall–Kier alpha value is -4.27. The van der Waals surface area contributed by atoms with Crippen LogP contribution in [0.3, 0.4) is 0 Å². The molecular weight excluding hydrogens is 640 g/mol. The van der Waals surface area contributed by atoms with Gasteiger partial charge in [0.2, 0.25) is 11.9 Å². The smallest absolute Gasteiger partial charge is 0.410 e. The number of aliphatic hydroxyl groups is 1. The van der Waals surface area contributed by atoms with Gasteiger partial charge >= 0.3 is 6.09 Å². The summed E-state index contributed by atoms with van der Waals surface area (Å²) < 4.78 is 42.4. The van der Waals surface area contributed by atoms with Crippen LogP contribution in [-0.4, -0.2) is 101 Å². The summed E-state index contributed by atoms with van der Waals surface area (Å²) in [6.45, 7) is 5.25. The molecule has 3 amide bonds. The van der Waals surface area contributed by atoms with E-state index in [1.54, 1.807) is 45.0 Å². The van der Waals surface area contributed by atoms with E-state index >= 15 is 8.78 Å². The molecule has 1 aromatic heterocycles. The molecule has 1 unspecified atom stereocenters. The van der Waals surface area contributed by atoms with Crippen molar-refractivity contribution in [3.8, 4) is 5.75 Å². The normalized spacial score (nSPS) is 22.5. The number of nitrogens with one attached hydrogen (secondary N) is 2. The molecule has 268 valence electrons. The lowest BCUT2D eigenvalue weighted by molar-refractivity contribution is -0.138. The van der Waals surface area contributed by atoms with E-state index in [9.17, 15) is 19.5 Å². The molecule has 0 spiro atoms. The first-order valence-corrected chi connectivity index (χ1v) is 16.8. The first-order valence-electron chi connectivity index (χ1n) is 16.8. The maximum absolute atomic E-state index is 15.8. The lowest BCUT2D eigenvalue weighted by Crippen LogP contribution is -2.69. The number of rotatable bonds is 9. The highest BCUT2D eigenvalue weighted by Gasteiger charge is 2.58. The summed E-state index contributed by atoms with van der Waals surface area (Å²) >= 11 is 0. The standard InChI is InChI=1S/C34H47F2N7O6/c1-7-24-29(46)41(5)25-19-37-30(39-27(25)43(24)22-10-8-9-11-22)38-23-13-12-21(18-26(23)48-6)28(45)40-33(15-17-44)14-16-42(20-34(33,35)36)31(47)49-32(2,3)4/h12-13,18-19,22,24,44H,7-11,14-17,20H2,1-6H3,(H,40,45)(H,37,38,39)/t24-,33?/m1/s1. The number of carbonyl (C=O) groups is 3. The summed E-state index contributed by atoms with van der Waals surface area (Å²) in [5.41, 5.74) is -1.86. The Kier molecular flexibility index (Phi) is 10.2. The third-order valence-corrected chi connectivity index (χ3v) is 9.56. The number of aromatic nitrogens is 2. The molecule has 13 nitrogen and oxygen atoms in total. The number of nitrogens with zero attached hydrogens (tertiary/aromatic N) is 5. The van der Waals surface area contributed by atoms with Crippen LogP contribution in [0.5, 0.6) is 5.75 Å². The minimum absolute atomic E-state index is 0.00821. The Bertz CT molecular complexity index is 1560. The topological polar surface area (TPSA) is 149 Å². The lowest BCUT2D eigenvalue weighted by atomic mass is 9.80. The largest absolute Gasteiger partial charge is 0.495 e. The quantitative estimate of drug-likeness (QED) is 0.334. The summed E-state index contributed by atoms with van der Waals surface area (Å²) in [5, 5.41) is 15.4. The second kappa shape index (κ2) is 13.9. The van der Waals surface area contributed by atoms with Gasteiger partial charge in [0, 0.05) is 31.8 Å². The van der Waals surface area contributed by atoms with E-state index in [-0.39, 0.29) is 48.2 Å². The number of amides is 3. The number of likely N-dealkylation sites (N-methyl/N-ethyl adjacent to an activating group) is 1. The third-order valence-electron chi connectivity index (χ3n) is 9.56. The molecule has 1 aliphatic carbocycles. The molecule has 2 atom stereocenters. The number of aliphatic hydroxyl groups excluding tert-OH is 1. The van der Waals surface area contributed by atoms with Crippen LogP contribution in [0.4, 0.5) is 36.7 Å². The van der Waals surface area contributed by atoms with Gasteiger partial charge in [-0.1, -0.05) is 19.8 Å². The minimum Gasteiger partial charge on any atom is -0.495 e. The highest BCUT2D eigenvalue weighted by atomic mass is 19.3. The van der Waals surface area contributed by atoms with E-state index in [4.69, 9.17) is 14.5 Å². The number of fused-ring (bicyclic) bond motifs is 1. The summed E-state index contributed by atoms with van der Waals surface area (Å²) in [6, 6.07) is 4.31. The predicted molar refractivity (Wildman–Crippen MR) is 180 cm³/mol. The van der Waals surface area contributed by atoms with Crippen molar-refractivity contribution in [1.82, 2.24) is 20.2 Å². The highest BCUT2D eigenvalue weighted by Crippen LogP contribution is 2.42. The number of carbonyl (C=O) groups excluding carboxylic acids is 3. The molecule has 49 heavy (non-hydrogen) atoms. The number of halogens is 2. The monoisotopic (exact) mass is 687 g/mol. The van der Waals surface area contributed by atoms with E-state index in [1.807, 2.05) is 6.92 Å². The molecule has 3 heterocycles. The SMILES string of the molecule is CC[C@@H]1C(=O)N(C)c2cnc(Nc3ccc(C(=O)NC4(CCO)CCN(C(=O)OC(C)(C)C)CC4(F)F)cc3OC)nc2N1C1CCCC1. The van der Waals surface area contributed by atoms with E-state index in [0.29, 0.717) is 23.6 Å². The summed E-state index contributed by atoms with van der Waals surface area (Å²) in [5.74, 6) is -3.19. The van der Waals surface area contributed by atoms with Gasteiger partial charge < -0.3 is 39.9 Å². The highest BCUT2D eigenvalue weighted by molar-refractivity contribution is 6.04. The minimum atomic E-state index is -3.57. The van der Waals surface area contributed by atoms with Gasteiger partial charge in [-0.25, -0.2) is 18.6 Å². The number of ether oxygens (including phenoxy) is 2. The van der Waals surface area contributed by atoms with Crippen molar-refractivity contribution >= 4 is 41.0 Å². The molecule has 1 aromatic carbocycles. The average molecular weight is 688 g/mol. The van der Waals surface area contributed by atoms with Gasteiger partial charge in [0.25, 0.3) is 11.8 Å². The molecular formula is C34H47F2N7O6. The second-order valence-corrected chi connectivity index (χ2v) is 14.0. The number of methoxy groups -OCH3 is 1. The maximum atomic E-state index is 15.8. The van der Waals surface area contributed by atoms with Crippen LogP contribution in [-0.2, 0) is 9.53 Å². The second-order valence-electron chi connectivity index (χ2n) is 14.0. The van der Waals surface area contributed by atoms with Crippen molar-refractivity contribution in [2.24, 2.45) is 0 Å². The number of hydrogen-bond donors (Lipinski definition) is 3. The molecule has 3 N–H and O–H groups in total. The molecule has 2 aromatic rings. The average Bonchev–Trinajstić information content (AvgIpc) is 3.58. The fourth-order valence-corrected chi connectivity index (χ4v) is 6.97. The van der Waals surface area contributed by atoms with E-state index in [2.05, 4.69) is 20.5 Å². The fourth-order valence-electron chi connectivity index (χ4n) is 6.97. The van der Waals surface area contributed by atoms with E-state index in [0.717, 1.165) is 30.6 Å². The fraction of sp³-hybridized carbons (Fsp3) is 0.618. The van der Waals surface area contributed by atoms with Gasteiger partial charge in [0.05, 0.1) is 25.5 Å². The van der Waals surface area contributed by atoms with Crippen LogP contribution in [0.25, 0.3) is 0 Å². The zero-order chi connectivity index (χ0) is 35.7. The molecule has 3 aliphatic rings. The van der Waals surface area contributed by atoms with Crippen molar-refractivity contribution in [1.29, 1.82) is 0 Å². The Morgan fingerprint density at radius 3 is 2.51 bits per heavy atom. The number of hydrogen-bond acceptors (Lipinski definition) is 10. The van der Waals surface area contributed by atoms with Crippen LogP contribution < -0.4 is 25.2 Å². The molecule has 1 saturated carbocycles. The number of benzene rings is 1. The summed E-state index contributed by atoms with van der Waals surface area (Å²) in [6.07, 6.45) is 4.80. The zero-order valence-electron chi connectivity index (χ0n) is 29.0. The van der Waals surface area contributed by atoms with E-state index in [1.165, 1.54) is 19.2 Å². The van der Waals surface area contributed by atoms with Crippen molar-refractivity contribution in [3.63, 3.8) is 0 Å². The number of alkyl halides is 2. The van der Waals surface area contributed by atoms with Gasteiger partial charge in [-0.15, -0.1) is 0 Å². The predicted octanol–water partition coefficient (Wildman–Crippen LogP) is 4.86. The van der Waals surface area contributed by atoms with Crippen molar-refractivity contribution in [3.05, 3.63) is 30.0 Å². The third kappa shape index (κ3) is 7.22.